The van der Waals surface area contributed by atoms with Crippen LogP contribution in [0.4, 0.5) is 15.4 Å². The highest BCUT2D eigenvalue weighted by Crippen LogP contribution is 2.31. The van der Waals surface area contributed by atoms with Gasteiger partial charge in [0.25, 0.3) is 0 Å². The number of ether oxygens (including phenoxy) is 2. The molecule has 0 aliphatic rings. The van der Waals surface area contributed by atoms with Crippen LogP contribution in [-0.2, 0) is 11.2 Å². The molecule has 0 bridgehead atoms. The van der Waals surface area contributed by atoms with Gasteiger partial charge in [-0.2, -0.15) is 0 Å². The van der Waals surface area contributed by atoms with Crippen molar-refractivity contribution in [3.8, 4) is 5.75 Å². The fourth-order valence-corrected chi connectivity index (χ4v) is 3.16. The fraction of sp³-hybridized carbons (Fsp3) is 0.350. The van der Waals surface area contributed by atoms with Crippen molar-refractivity contribution in [3.63, 3.8) is 0 Å². The third-order valence-corrected chi connectivity index (χ3v) is 5.01. The summed E-state index contributed by atoms with van der Waals surface area (Å²) >= 11 is 15.2. The Labute approximate surface area is 198 Å². The minimum atomic E-state index is -1.32. The minimum Gasteiger partial charge on any atom is -0.487 e. The quantitative estimate of drug-likeness (QED) is 0.390. The molecule has 0 saturated carbocycles. The number of carbonyl (C=O) groups is 2. The highest BCUT2D eigenvalue weighted by molar-refractivity contribution is 9.10. The molecule has 0 fully saturated rings. The van der Waals surface area contributed by atoms with Gasteiger partial charge in [-0.15, -0.1) is 0 Å². The van der Waals surface area contributed by atoms with Gasteiger partial charge >= 0.3 is 12.2 Å². The van der Waals surface area contributed by atoms with Crippen molar-refractivity contribution in [1.82, 2.24) is 10.3 Å². The third-order valence-electron chi connectivity index (χ3n) is 3.66. The summed E-state index contributed by atoms with van der Waals surface area (Å²) in [6, 6.07) is 8.18. The molecule has 0 aliphatic heterocycles. The van der Waals surface area contributed by atoms with E-state index in [0.717, 1.165) is 5.56 Å². The molecule has 0 radical (unpaired) electrons. The first-order chi connectivity index (χ1) is 14.4. The average molecular weight is 535 g/mol. The number of amides is 2. The first-order valence-corrected chi connectivity index (χ1v) is 10.7. The second kappa shape index (κ2) is 10.9. The second-order valence-corrected chi connectivity index (χ2v) is 9.17. The molecule has 31 heavy (non-hydrogen) atoms. The molecule has 3 N–H and O–H groups in total. The van der Waals surface area contributed by atoms with Crippen LogP contribution in [0, 0.1) is 0 Å². The van der Waals surface area contributed by atoms with Gasteiger partial charge in [0, 0.05) is 11.1 Å². The van der Waals surface area contributed by atoms with E-state index in [1.54, 1.807) is 39.0 Å². The molecule has 2 rings (SSSR count). The van der Waals surface area contributed by atoms with Gasteiger partial charge in [-0.3, -0.25) is 5.32 Å². The van der Waals surface area contributed by atoms with Crippen molar-refractivity contribution in [2.24, 2.45) is 0 Å². The standard InChI is InChI=1S/C20H22BrCl2N3O5/c1-20(2,3)31-19(29)24-13(8-11-5-4-6-12(22)7-11)10-30-15-9-14(21)16(23)25-17(15)26-18(27)28/h4-7,9,13H,8,10H2,1-3H3,(H,24,29)(H,25,26)(H,27,28)/t13-/m0/s1. The summed E-state index contributed by atoms with van der Waals surface area (Å²) in [6.45, 7) is 5.28. The first-order valence-electron chi connectivity index (χ1n) is 9.15. The number of benzene rings is 1. The van der Waals surface area contributed by atoms with Crippen LogP contribution < -0.4 is 15.4 Å². The number of anilines is 1. The molecule has 1 aromatic heterocycles. The number of aromatic nitrogens is 1. The molecule has 11 heteroatoms. The number of halogens is 3. The second-order valence-electron chi connectivity index (χ2n) is 7.53. The van der Waals surface area contributed by atoms with Crippen molar-refractivity contribution in [3.05, 3.63) is 50.5 Å². The zero-order valence-corrected chi connectivity index (χ0v) is 20.1. The normalized spacial score (nSPS) is 12.1. The van der Waals surface area contributed by atoms with Crippen LogP contribution in [0.3, 0.4) is 0 Å². The topological polar surface area (TPSA) is 110 Å². The molecule has 0 saturated heterocycles. The predicted octanol–water partition coefficient (Wildman–Crippen LogP) is 5.76. The maximum absolute atomic E-state index is 12.3. The van der Waals surface area contributed by atoms with Crippen LogP contribution in [0.15, 0.2) is 34.8 Å². The third kappa shape index (κ3) is 8.80. The average Bonchev–Trinajstić information content (AvgIpc) is 2.61. The Hall–Kier alpha value is -2.23. The van der Waals surface area contributed by atoms with Crippen molar-refractivity contribution in [1.29, 1.82) is 0 Å². The summed E-state index contributed by atoms with van der Waals surface area (Å²) in [5, 5.41) is 14.6. The molecule has 2 amide bonds. The molecule has 1 aromatic carbocycles. The largest absolute Gasteiger partial charge is 0.487 e. The lowest BCUT2D eigenvalue weighted by molar-refractivity contribution is 0.0488. The molecular formula is C20H22BrCl2N3O5. The van der Waals surface area contributed by atoms with Crippen molar-refractivity contribution in [2.75, 3.05) is 11.9 Å². The van der Waals surface area contributed by atoms with Gasteiger partial charge in [0.05, 0.1) is 10.5 Å². The Morgan fingerprint density at radius 3 is 2.58 bits per heavy atom. The Bertz CT molecular complexity index is 953. The van der Waals surface area contributed by atoms with Crippen molar-refractivity contribution >= 4 is 57.1 Å². The predicted molar refractivity (Wildman–Crippen MR) is 122 cm³/mol. The summed E-state index contributed by atoms with van der Waals surface area (Å²) in [7, 11) is 0. The number of pyridine rings is 1. The van der Waals surface area contributed by atoms with Gasteiger partial charge in [-0.25, -0.2) is 14.6 Å². The Kier molecular flexibility index (Phi) is 8.79. The molecule has 1 heterocycles. The van der Waals surface area contributed by atoms with Gasteiger partial charge in [0.15, 0.2) is 11.6 Å². The lowest BCUT2D eigenvalue weighted by atomic mass is 10.1. The monoisotopic (exact) mass is 533 g/mol. The molecule has 1 atom stereocenters. The molecule has 8 nitrogen and oxygen atoms in total. The zero-order chi connectivity index (χ0) is 23.2. The highest BCUT2D eigenvalue weighted by Gasteiger charge is 2.22. The SMILES string of the molecule is CC(C)(C)OC(=O)N[C@H](COc1cc(Br)c(Cl)nc1NC(=O)O)Cc1cccc(Cl)c1. The Morgan fingerprint density at radius 1 is 1.26 bits per heavy atom. The number of hydrogen-bond acceptors (Lipinski definition) is 5. The molecule has 0 aliphatic carbocycles. The number of nitrogens with zero attached hydrogens (tertiary/aromatic N) is 1. The smallest absolute Gasteiger partial charge is 0.410 e. The molecule has 2 aromatic rings. The van der Waals surface area contributed by atoms with Gasteiger partial charge < -0.3 is 19.9 Å². The summed E-state index contributed by atoms with van der Waals surface area (Å²) < 4.78 is 11.5. The van der Waals surface area contributed by atoms with Crippen LogP contribution in [0.1, 0.15) is 26.3 Å². The number of carboxylic acid groups (broad SMARTS) is 1. The summed E-state index contributed by atoms with van der Waals surface area (Å²) in [4.78, 5) is 27.3. The lowest BCUT2D eigenvalue weighted by Gasteiger charge is -2.24. The number of carbonyl (C=O) groups excluding carboxylic acids is 1. The van der Waals surface area contributed by atoms with E-state index in [0.29, 0.717) is 15.9 Å². The minimum absolute atomic E-state index is 0.00416. The van der Waals surface area contributed by atoms with E-state index in [1.165, 1.54) is 6.07 Å². The van der Waals surface area contributed by atoms with Crippen LogP contribution in [-0.4, -0.2) is 40.5 Å². The van der Waals surface area contributed by atoms with Gasteiger partial charge in [0.1, 0.15) is 17.4 Å². The maximum Gasteiger partial charge on any atom is 0.410 e. The van der Waals surface area contributed by atoms with E-state index in [1.807, 2.05) is 6.07 Å². The Balaban J connectivity index is 2.21. The summed E-state index contributed by atoms with van der Waals surface area (Å²) in [6.07, 6.45) is -1.54. The molecule has 0 unspecified atom stereocenters. The Morgan fingerprint density at radius 2 is 1.97 bits per heavy atom. The van der Waals surface area contributed by atoms with Crippen molar-refractivity contribution in [2.45, 2.75) is 38.8 Å². The number of hydrogen-bond donors (Lipinski definition) is 3. The van der Waals surface area contributed by atoms with Gasteiger partial charge in [-0.1, -0.05) is 35.3 Å². The number of alkyl carbamates (subject to hydrolysis) is 1. The number of nitrogens with one attached hydrogen (secondary N) is 2. The van der Waals surface area contributed by atoms with Crippen molar-refractivity contribution < 1.29 is 24.2 Å². The highest BCUT2D eigenvalue weighted by atomic mass is 79.9. The lowest BCUT2D eigenvalue weighted by Crippen LogP contribution is -2.43. The zero-order valence-electron chi connectivity index (χ0n) is 17.0. The van der Waals surface area contributed by atoms with Gasteiger partial charge in [0.2, 0.25) is 0 Å². The number of rotatable bonds is 7. The van der Waals surface area contributed by atoms with E-state index in [-0.39, 0.29) is 23.3 Å². The van der Waals surface area contributed by atoms with E-state index in [9.17, 15) is 9.59 Å². The van der Waals surface area contributed by atoms with Gasteiger partial charge in [-0.05, 0) is 60.8 Å². The van der Waals surface area contributed by atoms with E-state index in [4.69, 9.17) is 37.8 Å². The van der Waals surface area contributed by atoms with Crippen LogP contribution >= 0.6 is 39.1 Å². The molecule has 168 valence electrons. The fourth-order valence-electron chi connectivity index (χ4n) is 2.52. The molecule has 0 spiro atoms. The van der Waals surface area contributed by atoms with E-state index < -0.39 is 23.8 Å². The molecular weight excluding hydrogens is 513 g/mol. The maximum atomic E-state index is 12.3. The summed E-state index contributed by atoms with van der Waals surface area (Å²) in [5.41, 5.74) is 0.200. The summed E-state index contributed by atoms with van der Waals surface area (Å²) in [5.74, 6) is 0.0697. The first kappa shape index (κ1) is 25.0. The van der Waals surface area contributed by atoms with Crippen LogP contribution in [0.5, 0.6) is 5.75 Å². The van der Waals surface area contributed by atoms with Crippen LogP contribution in [0.25, 0.3) is 0 Å². The van der Waals surface area contributed by atoms with Crippen LogP contribution in [0.2, 0.25) is 10.2 Å². The van der Waals surface area contributed by atoms with E-state index >= 15 is 0 Å². The van der Waals surface area contributed by atoms with E-state index in [2.05, 4.69) is 31.5 Å².